The molecule has 0 radical (unpaired) electrons. The van der Waals surface area contributed by atoms with Crippen molar-refractivity contribution in [3.63, 3.8) is 0 Å². The van der Waals surface area contributed by atoms with Crippen LogP contribution in [0.1, 0.15) is 35.2 Å². The Bertz CT molecular complexity index is 976. The van der Waals surface area contributed by atoms with Crippen LogP contribution in [0.4, 0.5) is 5.69 Å². The van der Waals surface area contributed by atoms with Crippen molar-refractivity contribution < 1.29 is 9.59 Å². The number of amides is 2. The van der Waals surface area contributed by atoms with Gasteiger partial charge in [-0.1, -0.05) is 24.3 Å². The van der Waals surface area contributed by atoms with Crippen molar-refractivity contribution in [2.75, 3.05) is 18.4 Å². The van der Waals surface area contributed by atoms with Gasteiger partial charge in [0, 0.05) is 54.3 Å². The Hall–Kier alpha value is -3.08. The molecule has 1 unspecified atom stereocenters. The molecular formula is C21H21N3O2. The summed E-state index contributed by atoms with van der Waals surface area (Å²) in [5.74, 6) is 0.211. The molecule has 0 spiro atoms. The van der Waals surface area contributed by atoms with Gasteiger partial charge < -0.3 is 15.2 Å². The number of aromatic nitrogens is 1. The summed E-state index contributed by atoms with van der Waals surface area (Å²) in [4.78, 5) is 29.3. The maximum atomic E-state index is 12.9. The standard InChI is InChI=1S/C21H21N3O2/c1-14(25)23-17-6-4-5-15(11-17)21(26)24-10-9-16(13-24)19-12-22-20-8-3-2-7-18(19)20/h2-8,11-12,16,22H,9-10,13H2,1H3,(H,23,25). The predicted octanol–water partition coefficient (Wildman–Crippen LogP) is 3.76. The van der Waals surface area contributed by atoms with Crippen LogP contribution in [-0.2, 0) is 4.79 Å². The topological polar surface area (TPSA) is 65.2 Å². The first-order valence-electron chi connectivity index (χ1n) is 8.85. The predicted molar refractivity (Wildman–Crippen MR) is 102 cm³/mol. The van der Waals surface area contributed by atoms with Gasteiger partial charge in [-0.2, -0.15) is 0 Å². The number of fused-ring (bicyclic) bond motifs is 1. The molecule has 1 aliphatic heterocycles. The summed E-state index contributed by atoms with van der Waals surface area (Å²) < 4.78 is 0. The first-order chi connectivity index (χ1) is 12.6. The number of nitrogens with zero attached hydrogens (tertiary/aromatic N) is 1. The van der Waals surface area contributed by atoms with E-state index in [1.54, 1.807) is 24.3 Å². The van der Waals surface area contributed by atoms with Crippen molar-refractivity contribution in [2.45, 2.75) is 19.3 Å². The molecule has 26 heavy (non-hydrogen) atoms. The lowest BCUT2D eigenvalue weighted by atomic mass is 9.98. The van der Waals surface area contributed by atoms with Crippen molar-refractivity contribution in [3.05, 3.63) is 65.9 Å². The smallest absolute Gasteiger partial charge is 0.253 e. The van der Waals surface area contributed by atoms with E-state index in [1.165, 1.54) is 17.9 Å². The number of benzene rings is 2. The Labute approximate surface area is 152 Å². The van der Waals surface area contributed by atoms with Crippen LogP contribution >= 0.6 is 0 Å². The highest BCUT2D eigenvalue weighted by Gasteiger charge is 2.29. The molecule has 1 aliphatic rings. The zero-order chi connectivity index (χ0) is 18.1. The molecular weight excluding hydrogens is 326 g/mol. The molecule has 4 rings (SSSR count). The van der Waals surface area contributed by atoms with Gasteiger partial charge in [-0.25, -0.2) is 0 Å². The molecule has 132 valence electrons. The minimum absolute atomic E-state index is 0.0135. The van der Waals surface area contributed by atoms with E-state index in [9.17, 15) is 9.59 Å². The average molecular weight is 347 g/mol. The highest BCUT2D eigenvalue weighted by Crippen LogP contribution is 2.33. The van der Waals surface area contributed by atoms with E-state index < -0.39 is 0 Å². The number of likely N-dealkylation sites (tertiary alicyclic amines) is 1. The van der Waals surface area contributed by atoms with Gasteiger partial charge in [0.25, 0.3) is 5.91 Å². The number of nitrogens with one attached hydrogen (secondary N) is 2. The fourth-order valence-electron chi connectivity index (χ4n) is 3.75. The van der Waals surface area contributed by atoms with Crippen LogP contribution in [0.15, 0.2) is 54.7 Å². The third kappa shape index (κ3) is 3.08. The fourth-order valence-corrected chi connectivity index (χ4v) is 3.75. The summed E-state index contributed by atoms with van der Waals surface area (Å²) in [7, 11) is 0. The van der Waals surface area contributed by atoms with Crippen LogP contribution < -0.4 is 5.32 Å². The van der Waals surface area contributed by atoms with E-state index in [1.807, 2.05) is 17.0 Å². The number of hydrogen-bond donors (Lipinski definition) is 2. The Morgan fingerprint density at radius 3 is 2.85 bits per heavy atom. The van der Waals surface area contributed by atoms with Crippen molar-refractivity contribution in [3.8, 4) is 0 Å². The summed E-state index contributed by atoms with van der Waals surface area (Å²) in [5, 5.41) is 3.96. The maximum absolute atomic E-state index is 12.9. The van der Waals surface area contributed by atoms with Crippen LogP contribution in [0.25, 0.3) is 10.9 Å². The van der Waals surface area contributed by atoms with E-state index in [2.05, 4.69) is 28.6 Å². The second-order valence-electron chi connectivity index (χ2n) is 6.79. The third-order valence-corrected chi connectivity index (χ3v) is 4.97. The average Bonchev–Trinajstić information content (AvgIpc) is 3.27. The van der Waals surface area contributed by atoms with Gasteiger partial charge in [-0.05, 0) is 36.2 Å². The first-order valence-corrected chi connectivity index (χ1v) is 8.85. The first kappa shape index (κ1) is 16.4. The number of rotatable bonds is 3. The lowest BCUT2D eigenvalue weighted by Crippen LogP contribution is -2.28. The largest absolute Gasteiger partial charge is 0.361 e. The Morgan fingerprint density at radius 2 is 2.00 bits per heavy atom. The Balaban J connectivity index is 1.52. The SMILES string of the molecule is CC(=O)Nc1cccc(C(=O)N2CCC(c3c[nH]c4ccccc34)C2)c1. The van der Waals surface area contributed by atoms with E-state index in [0.29, 0.717) is 23.7 Å². The lowest BCUT2D eigenvalue weighted by Gasteiger charge is -2.17. The summed E-state index contributed by atoms with van der Waals surface area (Å²) in [6.07, 6.45) is 3.03. The summed E-state index contributed by atoms with van der Waals surface area (Å²) >= 11 is 0. The van der Waals surface area contributed by atoms with Crippen molar-refractivity contribution in [2.24, 2.45) is 0 Å². The number of carbonyl (C=O) groups excluding carboxylic acids is 2. The summed E-state index contributed by atoms with van der Waals surface area (Å²) in [6, 6.07) is 15.4. The molecule has 2 amide bonds. The molecule has 0 bridgehead atoms. The zero-order valence-electron chi connectivity index (χ0n) is 14.7. The van der Waals surface area contributed by atoms with E-state index >= 15 is 0 Å². The van der Waals surface area contributed by atoms with Crippen LogP contribution in [-0.4, -0.2) is 34.8 Å². The van der Waals surface area contributed by atoms with E-state index in [4.69, 9.17) is 0 Å². The minimum Gasteiger partial charge on any atom is -0.361 e. The summed E-state index contributed by atoms with van der Waals surface area (Å²) in [5.41, 5.74) is 3.67. The van der Waals surface area contributed by atoms with Crippen molar-refractivity contribution >= 4 is 28.4 Å². The van der Waals surface area contributed by atoms with Crippen LogP contribution in [0.5, 0.6) is 0 Å². The number of aromatic amines is 1. The van der Waals surface area contributed by atoms with Gasteiger partial charge in [0.1, 0.15) is 0 Å². The molecule has 0 aliphatic carbocycles. The molecule has 2 N–H and O–H groups in total. The molecule has 5 nitrogen and oxygen atoms in total. The quantitative estimate of drug-likeness (QED) is 0.758. The molecule has 3 aromatic rings. The number of carbonyl (C=O) groups is 2. The van der Waals surface area contributed by atoms with Crippen molar-refractivity contribution in [1.29, 1.82) is 0 Å². The summed E-state index contributed by atoms with van der Waals surface area (Å²) in [6.45, 7) is 2.92. The lowest BCUT2D eigenvalue weighted by molar-refractivity contribution is -0.114. The van der Waals surface area contributed by atoms with E-state index in [0.717, 1.165) is 18.5 Å². The number of para-hydroxylation sites is 1. The van der Waals surface area contributed by atoms with Crippen LogP contribution in [0.2, 0.25) is 0 Å². The molecule has 0 saturated carbocycles. The van der Waals surface area contributed by atoms with Gasteiger partial charge >= 0.3 is 0 Å². The molecule has 2 aromatic carbocycles. The molecule has 1 fully saturated rings. The van der Waals surface area contributed by atoms with Gasteiger partial charge in [-0.3, -0.25) is 9.59 Å². The normalized spacial score (nSPS) is 16.8. The highest BCUT2D eigenvalue weighted by atomic mass is 16.2. The third-order valence-electron chi connectivity index (χ3n) is 4.97. The minimum atomic E-state index is -0.143. The van der Waals surface area contributed by atoms with Crippen molar-refractivity contribution in [1.82, 2.24) is 9.88 Å². The van der Waals surface area contributed by atoms with Gasteiger partial charge in [0.15, 0.2) is 0 Å². The highest BCUT2D eigenvalue weighted by molar-refractivity contribution is 5.97. The molecule has 1 atom stereocenters. The van der Waals surface area contributed by atoms with Gasteiger partial charge in [-0.15, -0.1) is 0 Å². The monoisotopic (exact) mass is 347 g/mol. The Morgan fingerprint density at radius 1 is 1.15 bits per heavy atom. The van der Waals surface area contributed by atoms with Crippen LogP contribution in [0, 0.1) is 0 Å². The number of hydrogen-bond acceptors (Lipinski definition) is 2. The molecule has 2 heterocycles. The number of anilines is 1. The fraction of sp³-hybridized carbons (Fsp3) is 0.238. The van der Waals surface area contributed by atoms with Gasteiger partial charge in [0.2, 0.25) is 5.91 Å². The molecule has 1 aromatic heterocycles. The molecule has 5 heteroatoms. The zero-order valence-corrected chi connectivity index (χ0v) is 14.7. The second kappa shape index (κ2) is 6.67. The van der Waals surface area contributed by atoms with E-state index in [-0.39, 0.29) is 11.8 Å². The second-order valence-corrected chi connectivity index (χ2v) is 6.79. The maximum Gasteiger partial charge on any atom is 0.253 e. The number of H-pyrrole nitrogens is 1. The van der Waals surface area contributed by atoms with Gasteiger partial charge in [0.05, 0.1) is 0 Å². The molecule has 1 saturated heterocycles. The van der Waals surface area contributed by atoms with Crippen LogP contribution in [0.3, 0.4) is 0 Å². The Kier molecular flexibility index (Phi) is 4.21.